The van der Waals surface area contributed by atoms with Crippen LogP contribution in [0.3, 0.4) is 0 Å². The number of hydrogen-bond acceptors (Lipinski definition) is 2. The van der Waals surface area contributed by atoms with E-state index in [-0.39, 0.29) is 17.9 Å². The minimum Gasteiger partial charge on any atom is -0.487 e. The largest absolute Gasteiger partial charge is 0.487 e. The van der Waals surface area contributed by atoms with Gasteiger partial charge in [-0.3, -0.25) is 0 Å². The molecule has 0 N–H and O–H groups in total. The van der Waals surface area contributed by atoms with Crippen LogP contribution < -0.4 is 4.74 Å². The van der Waals surface area contributed by atoms with Gasteiger partial charge in [-0.15, -0.1) is 0 Å². The standard InChI is InChI=1S/C15H19F3N2O2/c1-3-19(4-2)14(21)20-9-13(10-20)22-12-7-5-6-11(8-12)15(16,17)18/h5-8,13H,3-4,9-10H2,1-2H3. The first-order valence-electron chi connectivity index (χ1n) is 7.23. The van der Waals surface area contributed by atoms with E-state index in [1.165, 1.54) is 12.1 Å². The van der Waals surface area contributed by atoms with E-state index in [0.29, 0.717) is 26.2 Å². The van der Waals surface area contributed by atoms with Gasteiger partial charge < -0.3 is 14.5 Å². The van der Waals surface area contributed by atoms with E-state index in [4.69, 9.17) is 4.74 Å². The second-order valence-corrected chi connectivity index (χ2v) is 5.13. The van der Waals surface area contributed by atoms with Gasteiger partial charge in [-0.1, -0.05) is 6.07 Å². The number of hydrogen-bond donors (Lipinski definition) is 0. The van der Waals surface area contributed by atoms with Crippen LogP contribution in [-0.4, -0.2) is 48.1 Å². The molecule has 7 heteroatoms. The second kappa shape index (κ2) is 6.46. The van der Waals surface area contributed by atoms with Gasteiger partial charge in [0, 0.05) is 13.1 Å². The van der Waals surface area contributed by atoms with Crippen LogP contribution in [0.4, 0.5) is 18.0 Å². The Balaban J connectivity index is 1.89. The predicted molar refractivity (Wildman–Crippen MR) is 75.8 cm³/mol. The Hall–Kier alpha value is -1.92. The highest BCUT2D eigenvalue weighted by molar-refractivity contribution is 5.75. The number of rotatable bonds is 4. The highest BCUT2D eigenvalue weighted by atomic mass is 19.4. The maximum atomic E-state index is 12.6. The van der Waals surface area contributed by atoms with E-state index in [9.17, 15) is 18.0 Å². The fraction of sp³-hybridized carbons (Fsp3) is 0.533. The van der Waals surface area contributed by atoms with Crippen molar-refractivity contribution in [3.05, 3.63) is 29.8 Å². The molecule has 0 atom stereocenters. The number of halogens is 3. The molecule has 1 aliphatic heterocycles. The molecule has 1 fully saturated rings. The van der Waals surface area contributed by atoms with Crippen molar-refractivity contribution >= 4 is 6.03 Å². The average Bonchev–Trinajstić information content (AvgIpc) is 2.43. The average molecular weight is 316 g/mol. The maximum Gasteiger partial charge on any atom is 0.416 e. The summed E-state index contributed by atoms with van der Waals surface area (Å²) in [6.45, 7) is 5.85. The minimum absolute atomic E-state index is 0.0612. The number of nitrogens with zero attached hydrogens (tertiary/aromatic N) is 2. The normalized spacial score (nSPS) is 15.4. The Kier molecular flexibility index (Phi) is 4.83. The van der Waals surface area contributed by atoms with Crippen molar-refractivity contribution < 1.29 is 22.7 Å². The second-order valence-electron chi connectivity index (χ2n) is 5.13. The molecule has 122 valence electrons. The van der Waals surface area contributed by atoms with E-state index >= 15 is 0 Å². The Labute approximate surface area is 127 Å². The van der Waals surface area contributed by atoms with Crippen molar-refractivity contribution in [2.45, 2.75) is 26.1 Å². The highest BCUT2D eigenvalue weighted by Crippen LogP contribution is 2.32. The van der Waals surface area contributed by atoms with Crippen LogP contribution in [0.25, 0.3) is 0 Å². The molecule has 0 radical (unpaired) electrons. The molecule has 0 aliphatic carbocycles. The molecule has 1 saturated heterocycles. The number of carbonyl (C=O) groups is 1. The number of ether oxygens (including phenoxy) is 1. The number of carbonyl (C=O) groups excluding carboxylic acids is 1. The summed E-state index contributed by atoms with van der Waals surface area (Å²) in [5.74, 6) is 0.176. The Morgan fingerprint density at radius 3 is 2.50 bits per heavy atom. The molecule has 1 aliphatic rings. The third-order valence-corrected chi connectivity index (χ3v) is 3.62. The number of alkyl halides is 3. The van der Waals surface area contributed by atoms with Crippen LogP contribution >= 0.6 is 0 Å². The molecule has 2 rings (SSSR count). The van der Waals surface area contributed by atoms with E-state index in [1.807, 2.05) is 13.8 Å². The van der Waals surface area contributed by atoms with Crippen LogP contribution in [0.5, 0.6) is 5.75 Å². The molecule has 1 aromatic rings. The summed E-state index contributed by atoms with van der Waals surface area (Å²) in [7, 11) is 0. The zero-order valence-electron chi connectivity index (χ0n) is 12.6. The first-order chi connectivity index (χ1) is 10.3. The first kappa shape index (κ1) is 16.5. The van der Waals surface area contributed by atoms with Crippen molar-refractivity contribution in [1.29, 1.82) is 0 Å². The molecular weight excluding hydrogens is 297 g/mol. The van der Waals surface area contributed by atoms with Crippen molar-refractivity contribution in [3.63, 3.8) is 0 Å². The van der Waals surface area contributed by atoms with Gasteiger partial charge >= 0.3 is 12.2 Å². The summed E-state index contributed by atoms with van der Waals surface area (Å²) in [4.78, 5) is 15.3. The molecule has 0 saturated carbocycles. The van der Waals surface area contributed by atoms with Crippen molar-refractivity contribution in [1.82, 2.24) is 9.80 Å². The quantitative estimate of drug-likeness (QED) is 0.854. The van der Waals surface area contributed by atoms with Gasteiger partial charge in [0.1, 0.15) is 11.9 Å². The summed E-state index contributed by atoms with van der Waals surface area (Å²) in [6.07, 6.45) is -4.65. The van der Waals surface area contributed by atoms with Crippen molar-refractivity contribution in [3.8, 4) is 5.75 Å². The topological polar surface area (TPSA) is 32.8 Å². The summed E-state index contributed by atoms with van der Waals surface area (Å²) < 4.78 is 43.4. The summed E-state index contributed by atoms with van der Waals surface area (Å²) in [6, 6.07) is 4.73. The highest BCUT2D eigenvalue weighted by Gasteiger charge is 2.35. The third-order valence-electron chi connectivity index (χ3n) is 3.62. The van der Waals surface area contributed by atoms with Crippen molar-refractivity contribution in [2.24, 2.45) is 0 Å². The van der Waals surface area contributed by atoms with Gasteiger partial charge in [-0.05, 0) is 32.0 Å². The zero-order chi connectivity index (χ0) is 16.3. The lowest BCUT2D eigenvalue weighted by atomic mass is 10.1. The zero-order valence-corrected chi connectivity index (χ0v) is 12.6. The molecule has 0 aromatic heterocycles. The van der Waals surface area contributed by atoms with Gasteiger partial charge in [-0.2, -0.15) is 13.2 Å². The molecule has 0 unspecified atom stereocenters. The number of amides is 2. The Morgan fingerprint density at radius 2 is 1.95 bits per heavy atom. The minimum atomic E-state index is -4.39. The lowest BCUT2D eigenvalue weighted by molar-refractivity contribution is -0.137. The number of likely N-dealkylation sites (tertiary alicyclic amines) is 1. The van der Waals surface area contributed by atoms with Gasteiger partial charge in [0.05, 0.1) is 18.7 Å². The monoisotopic (exact) mass is 316 g/mol. The molecule has 2 amide bonds. The van der Waals surface area contributed by atoms with Crippen LogP contribution in [-0.2, 0) is 6.18 Å². The van der Waals surface area contributed by atoms with E-state index < -0.39 is 11.7 Å². The van der Waals surface area contributed by atoms with Gasteiger partial charge in [0.2, 0.25) is 0 Å². The van der Waals surface area contributed by atoms with Crippen LogP contribution in [0.1, 0.15) is 19.4 Å². The molecule has 0 bridgehead atoms. The van der Waals surface area contributed by atoms with Gasteiger partial charge in [0.25, 0.3) is 0 Å². The van der Waals surface area contributed by atoms with Gasteiger partial charge in [-0.25, -0.2) is 4.79 Å². The van der Waals surface area contributed by atoms with Crippen molar-refractivity contribution in [2.75, 3.05) is 26.2 Å². The lowest BCUT2D eigenvalue weighted by Gasteiger charge is -2.41. The van der Waals surface area contributed by atoms with Crippen LogP contribution in [0, 0.1) is 0 Å². The molecular formula is C15H19F3N2O2. The van der Waals surface area contributed by atoms with E-state index in [0.717, 1.165) is 12.1 Å². The van der Waals surface area contributed by atoms with Crippen LogP contribution in [0.2, 0.25) is 0 Å². The molecule has 1 heterocycles. The van der Waals surface area contributed by atoms with Crippen LogP contribution in [0.15, 0.2) is 24.3 Å². The summed E-state index contributed by atoms with van der Waals surface area (Å²) in [5.41, 5.74) is -0.736. The molecule has 22 heavy (non-hydrogen) atoms. The predicted octanol–water partition coefficient (Wildman–Crippen LogP) is 3.23. The maximum absolute atomic E-state index is 12.6. The van der Waals surface area contributed by atoms with E-state index in [2.05, 4.69) is 0 Å². The molecule has 1 aromatic carbocycles. The Bertz CT molecular complexity index is 524. The smallest absolute Gasteiger partial charge is 0.416 e. The summed E-state index contributed by atoms with van der Waals surface area (Å²) in [5, 5.41) is 0. The molecule has 0 spiro atoms. The Morgan fingerprint density at radius 1 is 1.32 bits per heavy atom. The van der Waals surface area contributed by atoms with E-state index in [1.54, 1.807) is 9.80 Å². The SMILES string of the molecule is CCN(CC)C(=O)N1CC(Oc2cccc(C(F)(F)F)c2)C1. The third kappa shape index (κ3) is 3.64. The fourth-order valence-electron chi connectivity index (χ4n) is 2.30. The number of urea groups is 1. The number of benzene rings is 1. The summed E-state index contributed by atoms with van der Waals surface area (Å²) >= 11 is 0. The van der Waals surface area contributed by atoms with Gasteiger partial charge in [0.15, 0.2) is 0 Å². The first-order valence-corrected chi connectivity index (χ1v) is 7.23. The molecule has 4 nitrogen and oxygen atoms in total. The fourth-order valence-corrected chi connectivity index (χ4v) is 2.30. The lowest BCUT2D eigenvalue weighted by Crippen LogP contribution is -2.59.